The molecule has 0 aliphatic heterocycles. The van der Waals surface area contributed by atoms with Gasteiger partial charge in [-0.25, -0.2) is 4.79 Å². The van der Waals surface area contributed by atoms with Crippen molar-refractivity contribution in [2.45, 2.75) is 39.0 Å². The zero-order valence-corrected chi connectivity index (χ0v) is 11.8. The number of hydrogen-bond acceptors (Lipinski definition) is 2. The van der Waals surface area contributed by atoms with Crippen molar-refractivity contribution < 1.29 is 14.7 Å². The number of aromatic carboxylic acids is 1. The number of carboxylic acid groups (broad SMARTS) is 1. The van der Waals surface area contributed by atoms with Crippen molar-refractivity contribution in [1.29, 1.82) is 0 Å². The first-order valence-corrected chi connectivity index (χ1v) is 7.14. The van der Waals surface area contributed by atoms with Crippen LogP contribution in [0.15, 0.2) is 24.3 Å². The minimum absolute atomic E-state index is 0.0325. The Bertz CT molecular complexity index is 506. The number of rotatable bonds is 7. The predicted molar refractivity (Wildman–Crippen MR) is 76.7 cm³/mol. The Morgan fingerprint density at radius 3 is 2.70 bits per heavy atom. The molecule has 0 heterocycles. The molecule has 0 atom stereocenters. The summed E-state index contributed by atoms with van der Waals surface area (Å²) in [5, 5.41) is 11.9. The van der Waals surface area contributed by atoms with Gasteiger partial charge in [-0.3, -0.25) is 4.79 Å². The van der Waals surface area contributed by atoms with E-state index in [0.29, 0.717) is 5.41 Å². The van der Waals surface area contributed by atoms with E-state index in [0.717, 1.165) is 18.5 Å². The van der Waals surface area contributed by atoms with Gasteiger partial charge in [0.25, 0.3) is 0 Å². The zero-order chi connectivity index (χ0) is 14.6. The smallest absolute Gasteiger partial charge is 0.335 e. The van der Waals surface area contributed by atoms with Crippen LogP contribution in [0.25, 0.3) is 0 Å². The van der Waals surface area contributed by atoms with Gasteiger partial charge >= 0.3 is 5.97 Å². The second-order valence-electron chi connectivity index (χ2n) is 5.71. The fourth-order valence-electron chi connectivity index (χ4n) is 2.57. The van der Waals surface area contributed by atoms with Crippen LogP contribution in [0.4, 0.5) is 0 Å². The highest BCUT2D eigenvalue weighted by molar-refractivity contribution is 5.88. The number of hydrogen-bond donors (Lipinski definition) is 2. The first-order valence-electron chi connectivity index (χ1n) is 7.14. The first kappa shape index (κ1) is 14.6. The molecule has 0 spiro atoms. The Morgan fingerprint density at radius 2 is 2.10 bits per heavy atom. The van der Waals surface area contributed by atoms with Gasteiger partial charge in [0.05, 0.1) is 12.0 Å². The van der Waals surface area contributed by atoms with E-state index in [-0.39, 0.29) is 17.9 Å². The number of carbonyl (C=O) groups is 2. The van der Waals surface area contributed by atoms with E-state index >= 15 is 0 Å². The summed E-state index contributed by atoms with van der Waals surface area (Å²) in [6, 6.07) is 6.54. The molecule has 0 aromatic heterocycles. The van der Waals surface area contributed by atoms with Gasteiger partial charge in [0.15, 0.2) is 0 Å². The van der Waals surface area contributed by atoms with E-state index in [2.05, 4.69) is 12.2 Å². The SMILES string of the molecule is CCCC1(CNC(=O)Cc2cccc(C(=O)O)c2)CC1. The summed E-state index contributed by atoms with van der Waals surface area (Å²) in [5.74, 6) is -0.998. The van der Waals surface area contributed by atoms with Crippen LogP contribution in [0, 0.1) is 5.41 Å². The summed E-state index contributed by atoms with van der Waals surface area (Å²) < 4.78 is 0. The highest BCUT2D eigenvalue weighted by Gasteiger charge is 2.41. The quantitative estimate of drug-likeness (QED) is 0.804. The average molecular weight is 275 g/mol. The standard InChI is InChI=1S/C16H21NO3/c1-2-6-16(7-8-16)11-17-14(18)10-12-4-3-5-13(9-12)15(19)20/h3-5,9H,2,6-8,10-11H2,1H3,(H,17,18)(H,19,20). The lowest BCUT2D eigenvalue weighted by Crippen LogP contribution is -2.31. The van der Waals surface area contributed by atoms with Crippen molar-refractivity contribution in [1.82, 2.24) is 5.32 Å². The fourth-order valence-corrected chi connectivity index (χ4v) is 2.57. The average Bonchev–Trinajstić information content (AvgIpc) is 3.17. The van der Waals surface area contributed by atoms with Crippen molar-refractivity contribution in [2.24, 2.45) is 5.41 Å². The highest BCUT2D eigenvalue weighted by atomic mass is 16.4. The molecule has 108 valence electrons. The first-order chi connectivity index (χ1) is 9.54. The molecule has 20 heavy (non-hydrogen) atoms. The molecular formula is C16H21NO3. The largest absolute Gasteiger partial charge is 0.478 e. The van der Waals surface area contributed by atoms with Crippen molar-refractivity contribution in [3.05, 3.63) is 35.4 Å². The lowest BCUT2D eigenvalue weighted by molar-refractivity contribution is -0.120. The predicted octanol–water partition coefficient (Wildman–Crippen LogP) is 2.62. The maximum atomic E-state index is 11.9. The van der Waals surface area contributed by atoms with Crippen molar-refractivity contribution in [3.63, 3.8) is 0 Å². The highest BCUT2D eigenvalue weighted by Crippen LogP contribution is 2.48. The third-order valence-electron chi connectivity index (χ3n) is 3.94. The molecule has 1 fully saturated rings. The van der Waals surface area contributed by atoms with Gasteiger partial charge in [0.1, 0.15) is 0 Å². The molecule has 1 aromatic carbocycles. The van der Waals surface area contributed by atoms with Crippen LogP contribution in [0.1, 0.15) is 48.5 Å². The molecule has 1 aliphatic carbocycles. The van der Waals surface area contributed by atoms with E-state index in [1.807, 2.05) is 0 Å². The Morgan fingerprint density at radius 1 is 1.35 bits per heavy atom. The van der Waals surface area contributed by atoms with Gasteiger partial charge in [-0.15, -0.1) is 0 Å². The molecule has 0 radical (unpaired) electrons. The molecule has 2 rings (SSSR count). The van der Waals surface area contributed by atoms with Crippen LogP contribution in [0.2, 0.25) is 0 Å². The van der Waals surface area contributed by atoms with Crippen LogP contribution >= 0.6 is 0 Å². The second kappa shape index (κ2) is 6.07. The fraction of sp³-hybridized carbons (Fsp3) is 0.500. The lowest BCUT2D eigenvalue weighted by atomic mass is 10.0. The van der Waals surface area contributed by atoms with Crippen LogP contribution in [-0.4, -0.2) is 23.5 Å². The molecule has 0 saturated heterocycles. The van der Waals surface area contributed by atoms with Crippen LogP contribution in [0.3, 0.4) is 0 Å². The number of carboxylic acids is 1. The number of carbonyl (C=O) groups excluding carboxylic acids is 1. The number of benzene rings is 1. The molecular weight excluding hydrogens is 254 g/mol. The number of nitrogens with one attached hydrogen (secondary N) is 1. The maximum Gasteiger partial charge on any atom is 0.335 e. The lowest BCUT2D eigenvalue weighted by Gasteiger charge is -2.14. The Balaban J connectivity index is 1.85. The van der Waals surface area contributed by atoms with Gasteiger partial charge < -0.3 is 10.4 Å². The summed E-state index contributed by atoms with van der Waals surface area (Å²) in [4.78, 5) is 22.8. The van der Waals surface area contributed by atoms with Gasteiger partial charge in [-0.2, -0.15) is 0 Å². The Labute approximate surface area is 119 Å². The maximum absolute atomic E-state index is 11.9. The van der Waals surface area contributed by atoms with Crippen LogP contribution < -0.4 is 5.32 Å². The summed E-state index contributed by atoms with van der Waals surface area (Å²) in [5.41, 5.74) is 1.30. The van der Waals surface area contributed by atoms with Crippen LogP contribution in [0.5, 0.6) is 0 Å². The normalized spacial score (nSPS) is 15.7. The summed E-state index contributed by atoms with van der Waals surface area (Å²) in [6.45, 7) is 2.91. The minimum atomic E-state index is -0.966. The number of amides is 1. The molecule has 2 N–H and O–H groups in total. The summed E-state index contributed by atoms with van der Waals surface area (Å²) >= 11 is 0. The zero-order valence-electron chi connectivity index (χ0n) is 11.8. The minimum Gasteiger partial charge on any atom is -0.478 e. The molecule has 1 saturated carbocycles. The molecule has 1 aromatic rings. The third-order valence-corrected chi connectivity index (χ3v) is 3.94. The molecule has 0 bridgehead atoms. The molecule has 4 heteroatoms. The van der Waals surface area contributed by atoms with Gasteiger partial charge in [0, 0.05) is 6.54 Å². The Hall–Kier alpha value is -1.84. The van der Waals surface area contributed by atoms with Crippen molar-refractivity contribution >= 4 is 11.9 Å². The van der Waals surface area contributed by atoms with E-state index in [1.165, 1.54) is 25.3 Å². The molecule has 1 amide bonds. The van der Waals surface area contributed by atoms with E-state index in [1.54, 1.807) is 18.2 Å². The molecule has 0 unspecified atom stereocenters. The van der Waals surface area contributed by atoms with Crippen molar-refractivity contribution in [3.8, 4) is 0 Å². The molecule has 1 aliphatic rings. The van der Waals surface area contributed by atoms with E-state index in [4.69, 9.17) is 5.11 Å². The van der Waals surface area contributed by atoms with Gasteiger partial charge in [-0.05, 0) is 42.4 Å². The van der Waals surface area contributed by atoms with Crippen LogP contribution in [-0.2, 0) is 11.2 Å². The van der Waals surface area contributed by atoms with E-state index in [9.17, 15) is 9.59 Å². The van der Waals surface area contributed by atoms with E-state index < -0.39 is 5.97 Å². The van der Waals surface area contributed by atoms with Gasteiger partial charge in [-0.1, -0.05) is 25.5 Å². The van der Waals surface area contributed by atoms with Crippen molar-refractivity contribution in [2.75, 3.05) is 6.54 Å². The third kappa shape index (κ3) is 3.83. The summed E-state index contributed by atoms with van der Waals surface area (Å²) in [6.07, 6.45) is 4.97. The van der Waals surface area contributed by atoms with Gasteiger partial charge in [0.2, 0.25) is 5.91 Å². The second-order valence-corrected chi connectivity index (χ2v) is 5.71. The molecule has 4 nitrogen and oxygen atoms in total. The Kier molecular flexibility index (Phi) is 4.42. The summed E-state index contributed by atoms with van der Waals surface area (Å²) in [7, 11) is 0. The monoisotopic (exact) mass is 275 g/mol. The topological polar surface area (TPSA) is 66.4 Å².